The number of hydrogen-bond acceptors (Lipinski definition) is 5. The molecule has 0 radical (unpaired) electrons. The molecule has 0 aromatic carbocycles. The van der Waals surface area contributed by atoms with Crippen molar-refractivity contribution in [2.24, 2.45) is 0 Å². The average molecular weight is 337 g/mol. The van der Waals surface area contributed by atoms with Crippen LogP contribution in [0.4, 0.5) is 0 Å². The first-order chi connectivity index (χ1) is 9.69. The van der Waals surface area contributed by atoms with Crippen molar-refractivity contribution < 1.29 is 13.3 Å². The summed E-state index contributed by atoms with van der Waals surface area (Å²) >= 11 is 0. The molecule has 1 rings (SSSR count). The van der Waals surface area contributed by atoms with Crippen LogP contribution in [0.1, 0.15) is 27.2 Å². The molecule has 0 spiro atoms. The molecule has 0 saturated carbocycles. The Labute approximate surface area is 136 Å². The quantitative estimate of drug-likeness (QED) is 0.542. The highest BCUT2D eigenvalue weighted by Crippen LogP contribution is 2.19. The van der Waals surface area contributed by atoms with Crippen LogP contribution in [-0.4, -0.2) is 51.6 Å². The van der Waals surface area contributed by atoms with Crippen molar-refractivity contribution in [3.63, 3.8) is 0 Å². The van der Waals surface area contributed by atoms with E-state index in [-0.39, 0.29) is 12.4 Å². The molecular formula is C14H29ClN2O3Si. The van der Waals surface area contributed by atoms with Crippen LogP contribution in [0.15, 0.2) is 25.2 Å². The molecule has 0 bridgehead atoms. The van der Waals surface area contributed by atoms with Crippen molar-refractivity contribution in [3.05, 3.63) is 25.2 Å². The minimum absolute atomic E-state index is 0. The first kappa shape index (κ1) is 20.5. The van der Waals surface area contributed by atoms with E-state index in [0.717, 1.165) is 25.7 Å². The molecule has 0 aromatic heterocycles. The lowest BCUT2D eigenvalue weighted by atomic mass is 10.4. The molecule has 7 heteroatoms. The van der Waals surface area contributed by atoms with E-state index in [1.165, 1.54) is 0 Å². The molecule has 0 aliphatic carbocycles. The summed E-state index contributed by atoms with van der Waals surface area (Å²) in [5, 5.41) is 0. The second-order valence-electron chi connectivity index (χ2n) is 4.53. The third-order valence-corrected chi connectivity index (χ3v) is 6.22. The maximum atomic E-state index is 5.85. The van der Waals surface area contributed by atoms with Gasteiger partial charge in [0.05, 0.1) is 6.67 Å². The zero-order valence-electron chi connectivity index (χ0n) is 13.4. The lowest BCUT2D eigenvalue weighted by molar-refractivity contribution is 0.0702. The zero-order valence-corrected chi connectivity index (χ0v) is 15.2. The number of hydrogen-bond donors (Lipinski definition) is 0. The van der Waals surface area contributed by atoms with Gasteiger partial charge in [-0.1, -0.05) is 6.58 Å². The van der Waals surface area contributed by atoms with E-state index in [0.29, 0.717) is 19.8 Å². The Balaban J connectivity index is 0.00000400. The lowest BCUT2D eigenvalue weighted by Crippen LogP contribution is -2.46. The number of nitrogens with zero attached hydrogens (tertiary/aromatic N) is 2. The molecule has 1 aliphatic heterocycles. The fraction of sp³-hybridized carbons (Fsp3) is 0.714. The molecule has 0 unspecified atom stereocenters. The van der Waals surface area contributed by atoms with Gasteiger partial charge in [0.1, 0.15) is 0 Å². The van der Waals surface area contributed by atoms with E-state index in [4.69, 9.17) is 13.3 Å². The fourth-order valence-electron chi connectivity index (χ4n) is 2.25. The van der Waals surface area contributed by atoms with E-state index in [1.807, 2.05) is 33.2 Å². The van der Waals surface area contributed by atoms with Crippen LogP contribution in [0.3, 0.4) is 0 Å². The zero-order chi connectivity index (χ0) is 14.8. The van der Waals surface area contributed by atoms with E-state index in [2.05, 4.69) is 22.6 Å². The van der Waals surface area contributed by atoms with Crippen molar-refractivity contribution in [3.8, 4) is 0 Å². The summed E-state index contributed by atoms with van der Waals surface area (Å²) in [6, 6.07) is 0.862. The second-order valence-corrected chi connectivity index (χ2v) is 7.27. The Hall–Kier alpha value is -0.533. The Morgan fingerprint density at radius 3 is 2.10 bits per heavy atom. The van der Waals surface area contributed by atoms with Gasteiger partial charge in [-0.3, -0.25) is 0 Å². The van der Waals surface area contributed by atoms with Gasteiger partial charge in [0.2, 0.25) is 0 Å². The van der Waals surface area contributed by atoms with Gasteiger partial charge in [-0.2, -0.15) is 0 Å². The Kier molecular flexibility index (Phi) is 10.8. The van der Waals surface area contributed by atoms with Gasteiger partial charge in [0.15, 0.2) is 0 Å². The summed E-state index contributed by atoms with van der Waals surface area (Å²) in [5.41, 5.74) is 0. The highest BCUT2D eigenvalue weighted by molar-refractivity contribution is 6.60. The molecular weight excluding hydrogens is 308 g/mol. The van der Waals surface area contributed by atoms with Crippen LogP contribution >= 0.6 is 12.4 Å². The van der Waals surface area contributed by atoms with Crippen molar-refractivity contribution >= 4 is 21.2 Å². The van der Waals surface area contributed by atoms with Gasteiger partial charge in [-0.05, 0) is 33.4 Å². The van der Waals surface area contributed by atoms with Crippen molar-refractivity contribution in [1.29, 1.82) is 0 Å². The summed E-state index contributed by atoms with van der Waals surface area (Å²) < 4.78 is 17.5. The van der Waals surface area contributed by atoms with Crippen LogP contribution in [0.2, 0.25) is 6.04 Å². The van der Waals surface area contributed by atoms with Crippen LogP contribution in [0, 0.1) is 0 Å². The monoisotopic (exact) mass is 336 g/mol. The molecule has 0 saturated heterocycles. The van der Waals surface area contributed by atoms with Gasteiger partial charge >= 0.3 is 8.80 Å². The molecule has 0 N–H and O–H groups in total. The highest BCUT2D eigenvalue weighted by atomic mass is 35.5. The summed E-state index contributed by atoms with van der Waals surface area (Å²) in [7, 11) is -2.48. The number of halogens is 1. The minimum Gasteiger partial charge on any atom is -0.374 e. The van der Waals surface area contributed by atoms with Crippen molar-refractivity contribution in [2.45, 2.75) is 33.2 Å². The van der Waals surface area contributed by atoms with Crippen LogP contribution in [-0.2, 0) is 13.3 Å². The molecule has 21 heavy (non-hydrogen) atoms. The molecule has 124 valence electrons. The molecule has 5 nitrogen and oxygen atoms in total. The first-order valence-electron chi connectivity index (χ1n) is 7.42. The van der Waals surface area contributed by atoms with Gasteiger partial charge in [-0.15, -0.1) is 12.4 Å². The highest BCUT2D eigenvalue weighted by Gasteiger charge is 2.39. The van der Waals surface area contributed by atoms with Gasteiger partial charge in [0.25, 0.3) is 0 Å². The predicted octanol–water partition coefficient (Wildman–Crippen LogP) is 3.04. The summed E-state index contributed by atoms with van der Waals surface area (Å²) in [6.07, 6.45) is 6.95. The summed E-state index contributed by atoms with van der Waals surface area (Å²) in [5.74, 6) is 0. The largest absolute Gasteiger partial charge is 0.500 e. The minimum atomic E-state index is -2.48. The Morgan fingerprint density at radius 1 is 1.10 bits per heavy atom. The topological polar surface area (TPSA) is 34.2 Å². The van der Waals surface area contributed by atoms with Crippen LogP contribution in [0.5, 0.6) is 0 Å². The van der Waals surface area contributed by atoms with Crippen molar-refractivity contribution in [2.75, 3.05) is 33.0 Å². The number of rotatable bonds is 11. The maximum Gasteiger partial charge on any atom is 0.500 e. The standard InChI is InChI=1S/C14H28N2O3Si.ClH/c1-5-15-11-12-16(14-15)10-9-13-20(17-6-2,18-7-3)19-8-4;/h5,11-12H,1,6-10,13-14H2,2-4H3;1H. The average Bonchev–Trinajstić information content (AvgIpc) is 2.88. The Morgan fingerprint density at radius 2 is 1.67 bits per heavy atom. The molecule has 0 atom stereocenters. The van der Waals surface area contributed by atoms with E-state index in [9.17, 15) is 0 Å². The second kappa shape index (κ2) is 11.1. The van der Waals surface area contributed by atoms with Gasteiger partial charge in [0, 0.05) is 44.8 Å². The fourth-order valence-corrected chi connectivity index (χ4v) is 4.84. The van der Waals surface area contributed by atoms with Crippen LogP contribution in [0.25, 0.3) is 0 Å². The molecule has 0 aromatic rings. The summed E-state index contributed by atoms with van der Waals surface area (Å²) in [6.45, 7) is 13.5. The molecule has 1 heterocycles. The molecule has 1 aliphatic rings. The Bertz CT molecular complexity index is 302. The summed E-state index contributed by atoms with van der Waals surface area (Å²) in [4.78, 5) is 4.31. The lowest BCUT2D eigenvalue weighted by Gasteiger charge is -2.29. The smallest absolute Gasteiger partial charge is 0.374 e. The normalized spacial score (nSPS) is 14.4. The SMILES string of the molecule is C=CN1C=CN(CCC[Si](OCC)(OCC)OCC)C1.Cl. The van der Waals surface area contributed by atoms with Crippen molar-refractivity contribution in [1.82, 2.24) is 9.80 Å². The van der Waals surface area contributed by atoms with Gasteiger partial charge < -0.3 is 23.1 Å². The van der Waals surface area contributed by atoms with Gasteiger partial charge in [-0.25, -0.2) is 0 Å². The third-order valence-electron chi connectivity index (χ3n) is 3.07. The van der Waals surface area contributed by atoms with E-state index in [1.54, 1.807) is 0 Å². The maximum absolute atomic E-state index is 5.85. The van der Waals surface area contributed by atoms with Crippen LogP contribution < -0.4 is 0 Å². The van der Waals surface area contributed by atoms with E-state index >= 15 is 0 Å². The first-order valence-corrected chi connectivity index (χ1v) is 9.35. The predicted molar refractivity (Wildman–Crippen MR) is 90.1 cm³/mol. The molecule has 0 amide bonds. The van der Waals surface area contributed by atoms with E-state index < -0.39 is 8.80 Å². The third kappa shape index (κ3) is 6.84. The molecule has 0 fully saturated rings.